The highest BCUT2D eigenvalue weighted by Crippen LogP contribution is 2.28. The van der Waals surface area contributed by atoms with Crippen LogP contribution in [0.4, 0.5) is 5.69 Å². The van der Waals surface area contributed by atoms with E-state index in [1.165, 1.54) is 12.1 Å². The largest absolute Gasteiger partial charge is 0.366 e. The fourth-order valence-electron chi connectivity index (χ4n) is 3.19. The Hall–Kier alpha value is -3.48. The molecule has 3 N–H and O–H groups in total. The fourth-order valence-corrected chi connectivity index (χ4v) is 3.19. The number of nitrogens with one attached hydrogen (secondary N) is 1. The lowest BCUT2D eigenvalue weighted by molar-refractivity contribution is -0.121. The Morgan fingerprint density at radius 1 is 0.926 bits per heavy atom. The van der Waals surface area contributed by atoms with Gasteiger partial charge < -0.3 is 11.1 Å². The van der Waals surface area contributed by atoms with Crippen molar-refractivity contribution in [3.8, 4) is 0 Å². The molecular formula is C20H19N3O4. The van der Waals surface area contributed by atoms with Crippen LogP contribution in [0.2, 0.25) is 0 Å². The van der Waals surface area contributed by atoms with Crippen molar-refractivity contribution in [2.45, 2.75) is 19.9 Å². The van der Waals surface area contributed by atoms with Gasteiger partial charge in [0, 0.05) is 0 Å². The highest BCUT2D eigenvalue weighted by atomic mass is 16.2. The van der Waals surface area contributed by atoms with Gasteiger partial charge in [0.05, 0.1) is 22.4 Å². The Morgan fingerprint density at radius 3 is 1.96 bits per heavy atom. The molecule has 4 amide bonds. The molecule has 0 spiro atoms. The van der Waals surface area contributed by atoms with Crippen LogP contribution in [0.25, 0.3) is 0 Å². The van der Waals surface area contributed by atoms with E-state index in [4.69, 9.17) is 5.73 Å². The van der Waals surface area contributed by atoms with Gasteiger partial charge in [-0.15, -0.1) is 0 Å². The monoisotopic (exact) mass is 365 g/mol. The first-order valence-corrected chi connectivity index (χ1v) is 8.49. The van der Waals surface area contributed by atoms with E-state index in [-0.39, 0.29) is 28.3 Å². The van der Waals surface area contributed by atoms with E-state index in [0.29, 0.717) is 0 Å². The van der Waals surface area contributed by atoms with Gasteiger partial charge in [-0.05, 0) is 30.2 Å². The van der Waals surface area contributed by atoms with Crippen molar-refractivity contribution >= 4 is 29.3 Å². The third-order valence-corrected chi connectivity index (χ3v) is 4.45. The normalized spacial score (nSPS) is 14.3. The second-order valence-electron chi connectivity index (χ2n) is 6.61. The number of carbonyl (C=O) groups is 4. The topological polar surface area (TPSA) is 110 Å². The average Bonchev–Trinajstić information content (AvgIpc) is 2.87. The molecule has 2 aromatic rings. The molecule has 0 bridgehead atoms. The zero-order valence-electron chi connectivity index (χ0n) is 14.9. The summed E-state index contributed by atoms with van der Waals surface area (Å²) in [7, 11) is 0. The smallest absolute Gasteiger partial charge is 0.262 e. The van der Waals surface area contributed by atoms with Crippen LogP contribution in [0.5, 0.6) is 0 Å². The minimum Gasteiger partial charge on any atom is -0.366 e. The average molecular weight is 365 g/mol. The van der Waals surface area contributed by atoms with Crippen LogP contribution in [0.15, 0.2) is 48.5 Å². The minimum absolute atomic E-state index is 0.149. The number of hydrogen-bond donors (Lipinski definition) is 2. The standard InChI is InChI=1S/C20H19N3O4/c1-11(2)16(18(25)22-15-10-6-5-9-14(15)17(21)24)23-19(26)12-7-3-4-8-13(12)20(23)27/h3-11,16H,1-2H3,(H2,21,24)(H,22,25). The maximum Gasteiger partial charge on any atom is 0.262 e. The number of rotatable bonds is 5. The van der Waals surface area contributed by atoms with Crippen LogP contribution in [0, 0.1) is 5.92 Å². The number of primary amides is 1. The van der Waals surface area contributed by atoms with Gasteiger partial charge in [0.25, 0.3) is 17.7 Å². The first kappa shape index (κ1) is 18.3. The van der Waals surface area contributed by atoms with Crippen molar-refractivity contribution in [3.05, 3.63) is 65.2 Å². The van der Waals surface area contributed by atoms with Gasteiger partial charge in [0.15, 0.2) is 0 Å². The summed E-state index contributed by atoms with van der Waals surface area (Å²) in [5.41, 5.74) is 6.28. The van der Waals surface area contributed by atoms with Crippen LogP contribution < -0.4 is 11.1 Å². The number of nitrogens with two attached hydrogens (primary N) is 1. The Morgan fingerprint density at radius 2 is 1.44 bits per heavy atom. The summed E-state index contributed by atoms with van der Waals surface area (Å²) in [4.78, 5) is 51.0. The number of hydrogen-bond acceptors (Lipinski definition) is 4. The summed E-state index contributed by atoms with van der Waals surface area (Å²) in [6.07, 6.45) is 0. The summed E-state index contributed by atoms with van der Waals surface area (Å²) in [6.45, 7) is 3.49. The molecule has 2 aromatic carbocycles. The second kappa shape index (κ2) is 7.03. The highest BCUT2D eigenvalue weighted by molar-refractivity contribution is 6.23. The van der Waals surface area contributed by atoms with Gasteiger partial charge in [-0.1, -0.05) is 38.1 Å². The Balaban J connectivity index is 1.94. The second-order valence-corrected chi connectivity index (χ2v) is 6.61. The molecule has 1 unspecified atom stereocenters. The van der Waals surface area contributed by atoms with Gasteiger partial charge >= 0.3 is 0 Å². The van der Waals surface area contributed by atoms with Crippen LogP contribution >= 0.6 is 0 Å². The van der Waals surface area contributed by atoms with Crippen LogP contribution in [0.1, 0.15) is 44.9 Å². The third-order valence-electron chi connectivity index (χ3n) is 4.45. The van der Waals surface area contributed by atoms with E-state index in [1.807, 2.05) is 0 Å². The lowest BCUT2D eigenvalue weighted by Gasteiger charge is -2.28. The molecule has 0 radical (unpaired) electrons. The van der Waals surface area contributed by atoms with Crippen molar-refractivity contribution in [2.24, 2.45) is 11.7 Å². The first-order valence-electron chi connectivity index (χ1n) is 8.49. The summed E-state index contributed by atoms with van der Waals surface area (Å²) in [5, 5.41) is 2.63. The third kappa shape index (κ3) is 3.19. The van der Waals surface area contributed by atoms with E-state index in [9.17, 15) is 19.2 Å². The van der Waals surface area contributed by atoms with Crippen LogP contribution in [-0.2, 0) is 4.79 Å². The number of para-hydroxylation sites is 1. The maximum absolute atomic E-state index is 12.9. The Kier molecular flexibility index (Phi) is 4.77. The maximum atomic E-state index is 12.9. The van der Waals surface area contributed by atoms with Gasteiger partial charge in [-0.2, -0.15) is 0 Å². The molecule has 7 heteroatoms. The Bertz CT molecular complexity index is 917. The molecule has 1 aliphatic heterocycles. The van der Waals surface area contributed by atoms with Crippen molar-refractivity contribution < 1.29 is 19.2 Å². The molecule has 27 heavy (non-hydrogen) atoms. The van der Waals surface area contributed by atoms with Gasteiger partial charge in [0.2, 0.25) is 5.91 Å². The molecule has 1 aliphatic rings. The summed E-state index contributed by atoms with van der Waals surface area (Å²) in [5.74, 6) is -2.60. The van der Waals surface area contributed by atoms with E-state index in [1.54, 1.807) is 50.2 Å². The molecule has 1 heterocycles. The quantitative estimate of drug-likeness (QED) is 0.790. The zero-order valence-corrected chi connectivity index (χ0v) is 14.9. The molecule has 0 fully saturated rings. The fraction of sp³-hybridized carbons (Fsp3) is 0.200. The number of imide groups is 1. The molecule has 0 aromatic heterocycles. The highest BCUT2D eigenvalue weighted by Gasteiger charge is 2.44. The summed E-state index contributed by atoms with van der Waals surface area (Å²) >= 11 is 0. The number of anilines is 1. The number of carbonyl (C=O) groups excluding carboxylic acids is 4. The van der Waals surface area contributed by atoms with Crippen LogP contribution in [0.3, 0.4) is 0 Å². The van der Waals surface area contributed by atoms with Crippen LogP contribution in [-0.4, -0.2) is 34.6 Å². The van der Waals surface area contributed by atoms with Crippen molar-refractivity contribution in [2.75, 3.05) is 5.32 Å². The molecule has 7 nitrogen and oxygen atoms in total. The lowest BCUT2D eigenvalue weighted by atomic mass is 10.0. The SMILES string of the molecule is CC(C)C(C(=O)Nc1ccccc1C(N)=O)N1C(=O)c2ccccc2C1=O. The zero-order chi connectivity index (χ0) is 19.7. The first-order chi connectivity index (χ1) is 12.8. The van der Waals surface area contributed by atoms with E-state index >= 15 is 0 Å². The number of fused-ring (bicyclic) bond motifs is 1. The summed E-state index contributed by atoms with van der Waals surface area (Å²) in [6, 6.07) is 11.7. The Labute approximate surface area is 156 Å². The van der Waals surface area contributed by atoms with E-state index in [2.05, 4.69) is 5.32 Å². The minimum atomic E-state index is -1.03. The predicted octanol–water partition coefficient (Wildman–Crippen LogP) is 2.04. The molecule has 0 saturated heterocycles. The summed E-state index contributed by atoms with van der Waals surface area (Å²) < 4.78 is 0. The lowest BCUT2D eigenvalue weighted by Crippen LogP contribution is -2.50. The van der Waals surface area contributed by atoms with Crippen molar-refractivity contribution in [1.82, 2.24) is 4.90 Å². The number of benzene rings is 2. The van der Waals surface area contributed by atoms with Crippen molar-refractivity contribution in [1.29, 1.82) is 0 Å². The van der Waals surface area contributed by atoms with Gasteiger partial charge in [-0.25, -0.2) is 0 Å². The van der Waals surface area contributed by atoms with Gasteiger partial charge in [-0.3, -0.25) is 24.1 Å². The van der Waals surface area contributed by atoms with Gasteiger partial charge in [0.1, 0.15) is 6.04 Å². The predicted molar refractivity (Wildman–Crippen MR) is 99.2 cm³/mol. The van der Waals surface area contributed by atoms with E-state index in [0.717, 1.165) is 4.90 Å². The van der Waals surface area contributed by atoms with E-state index < -0.39 is 29.7 Å². The molecule has 1 atom stereocenters. The number of amides is 4. The molecule has 0 aliphatic carbocycles. The molecule has 3 rings (SSSR count). The molecule has 138 valence electrons. The van der Waals surface area contributed by atoms with Crippen molar-refractivity contribution in [3.63, 3.8) is 0 Å². The molecular weight excluding hydrogens is 346 g/mol. The molecule has 0 saturated carbocycles. The number of nitrogens with zero attached hydrogens (tertiary/aromatic N) is 1.